The maximum Gasteiger partial charge on any atom is 0.155 e. The average molecular weight is 380 g/mol. The van der Waals surface area contributed by atoms with Gasteiger partial charge in [-0.1, -0.05) is 0 Å². The third-order valence-corrected chi connectivity index (χ3v) is 5.21. The Hall–Kier alpha value is -2.80. The van der Waals surface area contributed by atoms with Crippen molar-refractivity contribution in [2.24, 2.45) is 0 Å². The molecule has 2 aromatic heterocycles. The minimum absolute atomic E-state index is 0.251. The Balaban J connectivity index is 1.71. The smallest absolute Gasteiger partial charge is 0.155 e. The molecule has 3 heterocycles. The molecule has 0 radical (unpaired) electrons. The molecule has 1 aromatic carbocycles. The van der Waals surface area contributed by atoms with Gasteiger partial charge in [-0.3, -0.25) is 4.68 Å². The van der Waals surface area contributed by atoms with Crippen LogP contribution in [0, 0.1) is 12.7 Å². The number of halogens is 1. The van der Waals surface area contributed by atoms with E-state index in [0.29, 0.717) is 6.42 Å². The highest BCUT2D eigenvalue weighted by atomic mass is 19.1. The second kappa shape index (κ2) is 8.06. The Bertz CT molecular complexity index is 944. The number of hydrogen-bond acceptors (Lipinski definition) is 5. The molecular weight excluding hydrogens is 355 g/mol. The minimum Gasteiger partial charge on any atom is -0.352 e. The second-order valence-corrected chi connectivity index (χ2v) is 7.03. The zero-order valence-corrected chi connectivity index (χ0v) is 16.3. The lowest BCUT2D eigenvalue weighted by molar-refractivity contribution is 0.584. The van der Waals surface area contributed by atoms with Gasteiger partial charge in [0.2, 0.25) is 0 Å². The van der Waals surface area contributed by atoms with E-state index in [-0.39, 0.29) is 5.82 Å². The van der Waals surface area contributed by atoms with Gasteiger partial charge in [0.05, 0.1) is 18.1 Å². The van der Waals surface area contributed by atoms with Gasteiger partial charge in [0.25, 0.3) is 0 Å². The van der Waals surface area contributed by atoms with Crippen LogP contribution in [0.4, 0.5) is 10.2 Å². The van der Waals surface area contributed by atoms with Crippen LogP contribution in [0.5, 0.6) is 0 Å². The molecule has 7 heteroatoms. The summed E-state index contributed by atoms with van der Waals surface area (Å²) in [5.41, 5.74) is 4.87. The standard InChI is InChI=1S/C21H25FN6/c1-3-28-15(2)17(13-25-28)12-19-14-24-21(27-10-8-23-9-11-27)20(26-19)16-4-6-18(22)7-5-16/h4-7,13-14,23H,3,8-12H2,1-2H3. The number of nitrogens with one attached hydrogen (secondary N) is 1. The number of benzene rings is 1. The van der Waals surface area contributed by atoms with Crippen molar-refractivity contribution in [2.45, 2.75) is 26.8 Å². The van der Waals surface area contributed by atoms with Crippen LogP contribution >= 0.6 is 0 Å². The predicted octanol–water partition coefficient (Wildman–Crippen LogP) is 2.81. The number of rotatable bonds is 5. The number of aryl methyl sites for hydroxylation is 1. The van der Waals surface area contributed by atoms with E-state index in [0.717, 1.165) is 66.8 Å². The van der Waals surface area contributed by atoms with E-state index in [1.165, 1.54) is 12.1 Å². The number of nitrogens with zero attached hydrogens (tertiary/aromatic N) is 5. The highest BCUT2D eigenvalue weighted by Gasteiger charge is 2.19. The molecule has 146 valence electrons. The molecule has 0 aliphatic carbocycles. The predicted molar refractivity (Wildman–Crippen MR) is 108 cm³/mol. The highest BCUT2D eigenvalue weighted by molar-refractivity contribution is 5.72. The lowest BCUT2D eigenvalue weighted by Gasteiger charge is -2.29. The van der Waals surface area contributed by atoms with Crippen molar-refractivity contribution >= 4 is 5.82 Å². The summed E-state index contributed by atoms with van der Waals surface area (Å²) in [4.78, 5) is 11.9. The Kier molecular flexibility index (Phi) is 5.34. The Morgan fingerprint density at radius 1 is 1.11 bits per heavy atom. The topological polar surface area (TPSA) is 58.9 Å². The van der Waals surface area contributed by atoms with E-state index in [4.69, 9.17) is 9.97 Å². The van der Waals surface area contributed by atoms with Gasteiger partial charge in [-0.2, -0.15) is 5.10 Å². The van der Waals surface area contributed by atoms with E-state index >= 15 is 0 Å². The van der Waals surface area contributed by atoms with E-state index < -0.39 is 0 Å². The fraction of sp³-hybridized carbons (Fsp3) is 0.381. The van der Waals surface area contributed by atoms with Gasteiger partial charge in [-0.25, -0.2) is 14.4 Å². The second-order valence-electron chi connectivity index (χ2n) is 7.03. The van der Waals surface area contributed by atoms with Gasteiger partial charge in [0.15, 0.2) is 5.82 Å². The first kappa shape index (κ1) is 18.6. The molecule has 0 bridgehead atoms. The number of hydrogen-bond donors (Lipinski definition) is 1. The van der Waals surface area contributed by atoms with Gasteiger partial charge in [-0.05, 0) is 43.7 Å². The molecule has 1 aliphatic rings. The fourth-order valence-corrected chi connectivity index (χ4v) is 3.59. The molecule has 6 nitrogen and oxygen atoms in total. The normalized spacial score (nSPS) is 14.5. The van der Waals surface area contributed by atoms with Crippen LogP contribution in [0.2, 0.25) is 0 Å². The van der Waals surface area contributed by atoms with Gasteiger partial charge in [-0.15, -0.1) is 0 Å². The van der Waals surface area contributed by atoms with Crippen molar-refractivity contribution in [3.05, 3.63) is 59.4 Å². The van der Waals surface area contributed by atoms with E-state index in [1.54, 1.807) is 12.1 Å². The Labute approximate surface area is 164 Å². The molecule has 0 spiro atoms. The van der Waals surface area contributed by atoms with Crippen molar-refractivity contribution < 1.29 is 4.39 Å². The number of anilines is 1. The monoisotopic (exact) mass is 380 g/mol. The van der Waals surface area contributed by atoms with E-state index in [1.807, 2.05) is 17.1 Å². The molecule has 1 aliphatic heterocycles. The van der Waals surface area contributed by atoms with Crippen LogP contribution in [0.3, 0.4) is 0 Å². The van der Waals surface area contributed by atoms with Crippen LogP contribution < -0.4 is 10.2 Å². The molecule has 4 rings (SSSR count). The molecule has 1 saturated heterocycles. The Morgan fingerprint density at radius 3 is 2.54 bits per heavy atom. The summed E-state index contributed by atoms with van der Waals surface area (Å²) in [6.45, 7) is 8.60. The van der Waals surface area contributed by atoms with Crippen molar-refractivity contribution in [3.8, 4) is 11.3 Å². The van der Waals surface area contributed by atoms with Crippen molar-refractivity contribution in [1.82, 2.24) is 25.1 Å². The zero-order valence-electron chi connectivity index (χ0n) is 16.3. The third kappa shape index (κ3) is 3.75. The maximum atomic E-state index is 13.4. The van der Waals surface area contributed by atoms with E-state index in [9.17, 15) is 4.39 Å². The molecule has 28 heavy (non-hydrogen) atoms. The molecule has 0 amide bonds. The number of piperazine rings is 1. The molecule has 1 fully saturated rings. The summed E-state index contributed by atoms with van der Waals surface area (Å²) in [7, 11) is 0. The van der Waals surface area contributed by atoms with Crippen molar-refractivity contribution in [1.29, 1.82) is 0 Å². The fourth-order valence-electron chi connectivity index (χ4n) is 3.59. The summed E-state index contributed by atoms with van der Waals surface area (Å²) >= 11 is 0. The van der Waals surface area contributed by atoms with Gasteiger partial charge < -0.3 is 10.2 Å². The molecule has 0 atom stereocenters. The summed E-state index contributed by atoms with van der Waals surface area (Å²) in [5, 5.41) is 7.78. The van der Waals surface area contributed by atoms with E-state index in [2.05, 4.69) is 29.2 Å². The molecule has 0 saturated carbocycles. The maximum absolute atomic E-state index is 13.4. The minimum atomic E-state index is -0.251. The largest absolute Gasteiger partial charge is 0.352 e. The molecule has 1 N–H and O–H groups in total. The summed E-state index contributed by atoms with van der Waals surface area (Å²) in [5.74, 6) is 0.608. The molecule has 3 aromatic rings. The van der Waals surface area contributed by atoms with Crippen LogP contribution in [-0.4, -0.2) is 45.9 Å². The van der Waals surface area contributed by atoms with Crippen molar-refractivity contribution in [3.63, 3.8) is 0 Å². The number of aromatic nitrogens is 4. The van der Waals surface area contributed by atoms with Gasteiger partial charge in [0.1, 0.15) is 11.5 Å². The van der Waals surface area contributed by atoms with Gasteiger partial charge >= 0.3 is 0 Å². The lowest BCUT2D eigenvalue weighted by atomic mass is 10.1. The Morgan fingerprint density at radius 2 is 1.86 bits per heavy atom. The SMILES string of the molecule is CCn1ncc(Cc2cnc(N3CCNCC3)c(-c3ccc(F)cc3)n2)c1C. The van der Waals surface area contributed by atoms with Crippen LogP contribution in [0.25, 0.3) is 11.3 Å². The molecular formula is C21H25FN6. The first-order valence-corrected chi connectivity index (χ1v) is 9.74. The zero-order chi connectivity index (χ0) is 19.5. The lowest BCUT2D eigenvalue weighted by Crippen LogP contribution is -2.44. The first-order valence-electron chi connectivity index (χ1n) is 9.74. The summed E-state index contributed by atoms with van der Waals surface area (Å²) in [6.07, 6.45) is 4.43. The molecule has 0 unspecified atom stereocenters. The third-order valence-electron chi connectivity index (χ3n) is 5.21. The van der Waals surface area contributed by atoms with Crippen LogP contribution in [-0.2, 0) is 13.0 Å². The van der Waals surface area contributed by atoms with Gasteiger partial charge in [0, 0.05) is 50.4 Å². The summed E-state index contributed by atoms with van der Waals surface area (Å²) < 4.78 is 15.4. The average Bonchev–Trinajstić information content (AvgIpc) is 3.08. The van der Waals surface area contributed by atoms with Crippen molar-refractivity contribution in [2.75, 3.05) is 31.1 Å². The highest BCUT2D eigenvalue weighted by Crippen LogP contribution is 2.28. The summed E-state index contributed by atoms with van der Waals surface area (Å²) in [6, 6.07) is 6.49. The first-order chi connectivity index (χ1) is 13.7. The quantitative estimate of drug-likeness (QED) is 0.738. The van der Waals surface area contributed by atoms with Crippen LogP contribution in [0.1, 0.15) is 23.9 Å². The van der Waals surface area contributed by atoms with Crippen LogP contribution in [0.15, 0.2) is 36.7 Å².